The smallest absolute Gasteiger partial charge is 0.214 e. The zero-order chi connectivity index (χ0) is 15.8. The number of furan rings is 1. The Morgan fingerprint density at radius 2 is 2.04 bits per heavy atom. The van der Waals surface area contributed by atoms with Crippen LogP contribution in [0, 0.1) is 6.92 Å². The van der Waals surface area contributed by atoms with Crippen LogP contribution < -0.4 is 5.32 Å². The van der Waals surface area contributed by atoms with E-state index < -0.39 is 0 Å². The fraction of sp³-hybridized carbons (Fsp3) is 0.125. The summed E-state index contributed by atoms with van der Waals surface area (Å²) in [7, 11) is 0. The van der Waals surface area contributed by atoms with Crippen molar-refractivity contribution in [1.29, 1.82) is 0 Å². The molecule has 5 nitrogen and oxygen atoms in total. The largest absolute Gasteiger partial charge is 0.459 e. The van der Waals surface area contributed by atoms with Gasteiger partial charge >= 0.3 is 0 Å². The van der Waals surface area contributed by atoms with E-state index in [1.807, 2.05) is 49.5 Å². The highest BCUT2D eigenvalue weighted by atomic mass is 35.5. The number of rotatable bonds is 4. The molecule has 23 heavy (non-hydrogen) atoms. The number of hydrogen-bond acceptors (Lipinski definition) is 5. The maximum absolute atomic E-state index is 5.90. The number of halogens is 1. The summed E-state index contributed by atoms with van der Waals surface area (Å²) < 4.78 is 7.64. The molecule has 0 saturated heterocycles. The van der Waals surface area contributed by atoms with Crippen LogP contribution in [-0.2, 0) is 6.54 Å². The van der Waals surface area contributed by atoms with Crippen LogP contribution in [0.1, 0.15) is 11.5 Å². The second-order valence-corrected chi connectivity index (χ2v) is 6.54. The average Bonchev–Trinajstić information content (AvgIpc) is 3.20. The molecule has 0 aliphatic rings. The number of hydrogen-bond donors (Lipinski definition) is 1. The first-order valence-electron chi connectivity index (χ1n) is 7.09. The number of aryl methyl sites for hydroxylation is 1. The van der Waals surface area contributed by atoms with Crippen LogP contribution >= 0.6 is 22.9 Å². The molecule has 4 rings (SSSR count). The SMILES string of the molecule is Cc1cn2nc(NCc3ccc(-c4ccc(Cl)cc4)o3)sc2n1. The fourth-order valence-corrected chi connectivity index (χ4v) is 3.23. The standard InChI is InChI=1S/C16H13ClN4OS/c1-10-9-21-16(19-10)23-15(20-21)18-8-13-6-7-14(22-13)11-2-4-12(17)5-3-11/h2-7,9H,8H2,1H3,(H,18,20). The Hall–Kier alpha value is -2.31. The van der Waals surface area contributed by atoms with Crippen LogP contribution in [0.4, 0.5) is 5.13 Å². The van der Waals surface area contributed by atoms with Gasteiger partial charge in [-0.3, -0.25) is 0 Å². The molecule has 1 aromatic carbocycles. The summed E-state index contributed by atoms with van der Waals surface area (Å²) in [5.74, 6) is 1.67. The van der Waals surface area contributed by atoms with Gasteiger partial charge < -0.3 is 9.73 Å². The van der Waals surface area contributed by atoms with Crippen LogP contribution in [0.5, 0.6) is 0 Å². The summed E-state index contributed by atoms with van der Waals surface area (Å²) in [5, 5.41) is 9.22. The molecule has 0 bridgehead atoms. The maximum Gasteiger partial charge on any atom is 0.214 e. The lowest BCUT2D eigenvalue weighted by Crippen LogP contribution is -1.98. The molecule has 4 aromatic rings. The van der Waals surface area contributed by atoms with Gasteiger partial charge in [0.25, 0.3) is 0 Å². The van der Waals surface area contributed by atoms with Crippen molar-refractivity contribution >= 4 is 33.0 Å². The normalized spacial score (nSPS) is 11.2. The molecule has 7 heteroatoms. The van der Waals surface area contributed by atoms with E-state index in [2.05, 4.69) is 15.4 Å². The first-order valence-corrected chi connectivity index (χ1v) is 8.28. The highest BCUT2D eigenvalue weighted by Crippen LogP contribution is 2.25. The number of nitrogens with zero attached hydrogens (tertiary/aromatic N) is 3. The van der Waals surface area contributed by atoms with E-state index in [9.17, 15) is 0 Å². The van der Waals surface area contributed by atoms with Crippen molar-refractivity contribution in [1.82, 2.24) is 14.6 Å². The van der Waals surface area contributed by atoms with Crippen LogP contribution in [0.15, 0.2) is 47.0 Å². The predicted octanol–water partition coefficient (Wildman–Crippen LogP) is 4.62. The van der Waals surface area contributed by atoms with Gasteiger partial charge in [-0.1, -0.05) is 22.9 Å². The Bertz CT molecular complexity index is 923. The van der Waals surface area contributed by atoms with Crippen molar-refractivity contribution in [2.75, 3.05) is 5.32 Å². The zero-order valence-corrected chi connectivity index (χ0v) is 13.9. The van der Waals surface area contributed by atoms with E-state index in [-0.39, 0.29) is 0 Å². The van der Waals surface area contributed by atoms with E-state index in [4.69, 9.17) is 16.0 Å². The number of benzene rings is 1. The van der Waals surface area contributed by atoms with Crippen LogP contribution in [-0.4, -0.2) is 14.6 Å². The predicted molar refractivity (Wildman–Crippen MR) is 92.1 cm³/mol. The molecule has 1 N–H and O–H groups in total. The number of nitrogens with one attached hydrogen (secondary N) is 1. The van der Waals surface area contributed by atoms with Crippen molar-refractivity contribution < 1.29 is 4.42 Å². The quantitative estimate of drug-likeness (QED) is 0.586. The van der Waals surface area contributed by atoms with E-state index in [1.165, 1.54) is 11.3 Å². The second-order valence-electron chi connectivity index (χ2n) is 5.14. The molecule has 116 valence electrons. The topological polar surface area (TPSA) is 55.4 Å². The third-order valence-corrected chi connectivity index (χ3v) is 4.50. The Labute approximate surface area is 141 Å². The highest BCUT2D eigenvalue weighted by molar-refractivity contribution is 7.20. The molecule has 0 unspecified atom stereocenters. The van der Waals surface area contributed by atoms with Gasteiger partial charge in [-0.15, -0.1) is 5.10 Å². The Morgan fingerprint density at radius 3 is 2.83 bits per heavy atom. The molecule has 0 fully saturated rings. The zero-order valence-electron chi connectivity index (χ0n) is 12.3. The van der Waals surface area contributed by atoms with Crippen molar-refractivity contribution in [3.8, 4) is 11.3 Å². The van der Waals surface area contributed by atoms with E-state index in [0.29, 0.717) is 11.6 Å². The molecular formula is C16H13ClN4OS. The number of imidazole rings is 1. The number of aromatic nitrogens is 3. The van der Waals surface area contributed by atoms with Crippen LogP contribution in [0.2, 0.25) is 5.02 Å². The van der Waals surface area contributed by atoms with Gasteiger partial charge in [0.05, 0.1) is 18.4 Å². The van der Waals surface area contributed by atoms with Crippen molar-refractivity contribution in [2.24, 2.45) is 0 Å². The van der Waals surface area contributed by atoms with Gasteiger partial charge in [0.2, 0.25) is 10.1 Å². The summed E-state index contributed by atoms with van der Waals surface area (Å²) in [5.41, 5.74) is 1.97. The minimum Gasteiger partial charge on any atom is -0.459 e. The van der Waals surface area contributed by atoms with Crippen LogP contribution in [0.25, 0.3) is 16.3 Å². The Kier molecular flexibility index (Phi) is 3.55. The molecular weight excluding hydrogens is 332 g/mol. The van der Waals surface area contributed by atoms with Gasteiger partial charge in [0, 0.05) is 10.6 Å². The van der Waals surface area contributed by atoms with Crippen molar-refractivity contribution in [3.63, 3.8) is 0 Å². The molecule has 0 saturated carbocycles. The summed E-state index contributed by atoms with van der Waals surface area (Å²) >= 11 is 7.42. The van der Waals surface area contributed by atoms with Crippen molar-refractivity contribution in [2.45, 2.75) is 13.5 Å². The molecule has 0 radical (unpaired) electrons. The van der Waals surface area contributed by atoms with E-state index >= 15 is 0 Å². The number of anilines is 1. The van der Waals surface area contributed by atoms with Crippen LogP contribution in [0.3, 0.4) is 0 Å². The highest BCUT2D eigenvalue weighted by Gasteiger charge is 2.08. The third kappa shape index (κ3) is 2.95. The lowest BCUT2D eigenvalue weighted by molar-refractivity contribution is 0.531. The monoisotopic (exact) mass is 344 g/mol. The lowest BCUT2D eigenvalue weighted by Gasteiger charge is -1.99. The second kappa shape index (κ2) is 5.72. The van der Waals surface area contributed by atoms with E-state index in [1.54, 1.807) is 4.52 Å². The fourth-order valence-electron chi connectivity index (χ4n) is 2.29. The molecule has 3 heterocycles. The lowest BCUT2D eigenvalue weighted by atomic mass is 10.2. The molecule has 0 atom stereocenters. The Balaban J connectivity index is 1.46. The summed E-state index contributed by atoms with van der Waals surface area (Å²) in [6, 6.07) is 11.5. The maximum atomic E-state index is 5.90. The summed E-state index contributed by atoms with van der Waals surface area (Å²) in [6.07, 6.45) is 1.91. The van der Waals surface area contributed by atoms with Gasteiger partial charge in [-0.2, -0.15) is 0 Å². The summed E-state index contributed by atoms with van der Waals surface area (Å²) in [6.45, 7) is 2.53. The first-order chi connectivity index (χ1) is 11.2. The van der Waals surface area contributed by atoms with Gasteiger partial charge in [0.15, 0.2) is 0 Å². The molecule has 0 amide bonds. The van der Waals surface area contributed by atoms with Gasteiger partial charge in [-0.05, 0) is 43.3 Å². The van der Waals surface area contributed by atoms with E-state index in [0.717, 1.165) is 32.9 Å². The molecule has 0 aliphatic heterocycles. The summed E-state index contributed by atoms with van der Waals surface area (Å²) in [4.78, 5) is 5.27. The first kappa shape index (κ1) is 14.3. The average molecular weight is 345 g/mol. The Morgan fingerprint density at radius 1 is 1.22 bits per heavy atom. The number of fused-ring (bicyclic) bond motifs is 1. The van der Waals surface area contributed by atoms with Gasteiger partial charge in [0.1, 0.15) is 11.5 Å². The minimum atomic E-state index is 0.573. The third-order valence-electron chi connectivity index (χ3n) is 3.37. The minimum absolute atomic E-state index is 0.573. The molecule has 0 spiro atoms. The molecule has 0 aliphatic carbocycles. The van der Waals surface area contributed by atoms with Crippen molar-refractivity contribution in [3.05, 3.63) is 59.1 Å². The molecule has 3 aromatic heterocycles. The van der Waals surface area contributed by atoms with Gasteiger partial charge in [-0.25, -0.2) is 9.50 Å².